The Labute approximate surface area is 181 Å². The number of amides is 1. The number of anilines is 1. The molecule has 1 atom stereocenters. The Morgan fingerprint density at radius 2 is 1.87 bits per heavy atom. The summed E-state index contributed by atoms with van der Waals surface area (Å²) in [6.45, 7) is 4.44. The molecule has 1 N–H and O–H groups in total. The maximum absolute atomic E-state index is 13.6. The van der Waals surface area contributed by atoms with Crippen molar-refractivity contribution in [1.82, 2.24) is 10.2 Å². The van der Waals surface area contributed by atoms with Gasteiger partial charge in [-0.2, -0.15) is 0 Å². The average molecular weight is 452 g/mol. The van der Waals surface area contributed by atoms with Crippen molar-refractivity contribution in [2.45, 2.75) is 32.4 Å². The van der Waals surface area contributed by atoms with E-state index in [0.29, 0.717) is 13.0 Å². The van der Waals surface area contributed by atoms with E-state index < -0.39 is 33.6 Å². The van der Waals surface area contributed by atoms with Gasteiger partial charge in [-0.25, -0.2) is 17.2 Å². The number of hydrogen-bond donors (Lipinski definition) is 1. The summed E-state index contributed by atoms with van der Waals surface area (Å²) in [7, 11) is -3.89. The minimum Gasteiger partial charge on any atom is -0.354 e. The summed E-state index contributed by atoms with van der Waals surface area (Å²) in [6.07, 6.45) is 2.63. The van der Waals surface area contributed by atoms with Crippen LogP contribution in [0.5, 0.6) is 0 Å². The van der Waals surface area contributed by atoms with Crippen molar-refractivity contribution in [2.24, 2.45) is 0 Å². The Hall–Kier alpha value is -2.52. The van der Waals surface area contributed by atoms with Crippen LogP contribution in [-0.2, 0) is 27.8 Å². The summed E-state index contributed by atoms with van der Waals surface area (Å²) in [4.78, 5) is 14.9. The van der Waals surface area contributed by atoms with Crippen LogP contribution in [0.25, 0.3) is 0 Å². The van der Waals surface area contributed by atoms with Crippen molar-refractivity contribution in [2.75, 3.05) is 30.2 Å². The summed E-state index contributed by atoms with van der Waals surface area (Å²) < 4.78 is 52.1. The molecular formula is C22H27F2N3O3S. The van der Waals surface area contributed by atoms with Gasteiger partial charge in [0, 0.05) is 32.2 Å². The van der Waals surface area contributed by atoms with Crippen LogP contribution < -0.4 is 9.62 Å². The van der Waals surface area contributed by atoms with Crippen LogP contribution in [0.1, 0.15) is 24.5 Å². The van der Waals surface area contributed by atoms with E-state index in [9.17, 15) is 22.0 Å². The largest absolute Gasteiger partial charge is 0.354 e. The van der Waals surface area contributed by atoms with Gasteiger partial charge in [0.1, 0.15) is 6.04 Å². The van der Waals surface area contributed by atoms with Crippen molar-refractivity contribution in [1.29, 1.82) is 0 Å². The van der Waals surface area contributed by atoms with Gasteiger partial charge in [-0.1, -0.05) is 24.3 Å². The molecule has 0 bridgehead atoms. The van der Waals surface area contributed by atoms with E-state index in [2.05, 4.69) is 22.3 Å². The smallest absolute Gasteiger partial charge is 0.243 e. The molecule has 9 heteroatoms. The number of fused-ring (bicyclic) bond motifs is 1. The highest BCUT2D eigenvalue weighted by atomic mass is 32.2. The van der Waals surface area contributed by atoms with Crippen LogP contribution in [0.2, 0.25) is 0 Å². The average Bonchev–Trinajstić information content (AvgIpc) is 2.72. The maximum atomic E-state index is 13.6. The molecular weight excluding hydrogens is 424 g/mol. The van der Waals surface area contributed by atoms with E-state index in [-0.39, 0.29) is 5.69 Å². The molecule has 0 radical (unpaired) electrons. The standard InChI is InChI=1S/C22H27F2N3O3S/c1-16(27(31(2,29)30)19-8-9-20(23)21(24)14-19)22(28)25-11-5-12-26-13-10-17-6-3-4-7-18(17)15-26/h3-4,6-9,14,16H,5,10-13,15H2,1-2H3,(H,25,28). The first-order chi connectivity index (χ1) is 14.7. The molecule has 3 rings (SSSR count). The van der Waals surface area contributed by atoms with E-state index in [1.165, 1.54) is 18.1 Å². The quantitative estimate of drug-likeness (QED) is 0.627. The van der Waals surface area contributed by atoms with Gasteiger partial charge in [0.15, 0.2) is 11.6 Å². The molecule has 1 aliphatic rings. The van der Waals surface area contributed by atoms with Crippen molar-refractivity contribution in [3.05, 3.63) is 65.2 Å². The molecule has 0 fully saturated rings. The molecule has 6 nitrogen and oxygen atoms in total. The van der Waals surface area contributed by atoms with Crippen molar-refractivity contribution in [3.8, 4) is 0 Å². The Bertz CT molecular complexity index is 1050. The fraction of sp³-hybridized carbons (Fsp3) is 0.409. The highest BCUT2D eigenvalue weighted by Gasteiger charge is 2.29. The first kappa shape index (κ1) is 23.1. The van der Waals surface area contributed by atoms with Gasteiger partial charge >= 0.3 is 0 Å². The molecule has 0 spiro atoms. The molecule has 31 heavy (non-hydrogen) atoms. The third kappa shape index (κ3) is 5.80. The Kier molecular flexibility index (Phi) is 7.27. The minimum atomic E-state index is -3.89. The van der Waals surface area contributed by atoms with Gasteiger partial charge in [-0.3, -0.25) is 14.0 Å². The van der Waals surface area contributed by atoms with Crippen LogP contribution in [0.4, 0.5) is 14.5 Å². The molecule has 168 valence electrons. The lowest BCUT2D eigenvalue weighted by atomic mass is 10.00. The molecule has 1 unspecified atom stereocenters. The van der Waals surface area contributed by atoms with Crippen LogP contribution >= 0.6 is 0 Å². The van der Waals surface area contributed by atoms with E-state index in [1.807, 2.05) is 12.1 Å². The number of nitrogens with one attached hydrogen (secondary N) is 1. The second-order valence-electron chi connectivity index (χ2n) is 7.77. The highest BCUT2D eigenvalue weighted by Crippen LogP contribution is 2.23. The first-order valence-corrected chi connectivity index (χ1v) is 12.0. The fourth-order valence-electron chi connectivity index (χ4n) is 3.84. The van der Waals surface area contributed by atoms with Crippen LogP contribution in [0.3, 0.4) is 0 Å². The molecule has 2 aromatic carbocycles. The number of sulfonamides is 1. The zero-order valence-electron chi connectivity index (χ0n) is 17.6. The summed E-state index contributed by atoms with van der Waals surface area (Å²) in [5.41, 5.74) is 2.59. The summed E-state index contributed by atoms with van der Waals surface area (Å²) >= 11 is 0. The lowest BCUT2D eigenvalue weighted by Crippen LogP contribution is -2.48. The number of carbonyl (C=O) groups is 1. The number of rotatable bonds is 8. The molecule has 0 aliphatic carbocycles. The van der Waals surface area contributed by atoms with Gasteiger partial charge < -0.3 is 5.32 Å². The van der Waals surface area contributed by atoms with Gasteiger partial charge in [-0.15, -0.1) is 0 Å². The van der Waals surface area contributed by atoms with Crippen LogP contribution in [0.15, 0.2) is 42.5 Å². The maximum Gasteiger partial charge on any atom is 0.243 e. The lowest BCUT2D eigenvalue weighted by Gasteiger charge is -2.29. The summed E-state index contributed by atoms with van der Waals surface area (Å²) in [5.74, 6) is -2.77. The van der Waals surface area contributed by atoms with Gasteiger partial charge in [0.25, 0.3) is 0 Å². The Balaban J connectivity index is 1.54. The highest BCUT2D eigenvalue weighted by molar-refractivity contribution is 7.92. The van der Waals surface area contributed by atoms with E-state index in [0.717, 1.165) is 54.8 Å². The Morgan fingerprint density at radius 1 is 1.16 bits per heavy atom. The fourth-order valence-corrected chi connectivity index (χ4v) is 5.00. The topological polar surface area (TPSA) is 69.7 Å². The van der Waals surface area contributed by atoms with E-state index in [1.54, 1.807) is 0 Å². The zero-order chi connectivity index (χ0) is 22.6. The number of nitrogens with zero attached hydrogens (tertiary/aromatic N) is 2. The Morgan fingerprint density at radius 3 is 2.55 bits per heavy atom. The van der Waals surface area contributed by atoms with Gasteiger partial charge in [0.2, 0.25) is 15.9 Å². The van der Waals surface area contributed by atoms with E-state index in [4.69, 9.17) is 0 Å². The second kappa shape index (κ2) is 9.74. The number of halogens is 2. The lowest BCUT2D eigenvalue weighted by molar-refractivity contribution is -0.121. The zero-order valence-corrected chi connectivity index (χ0v) is 18.5. The van der Waals surface area contributed by atoms with Crippen molar-refractivity contribution < 1.29 is 22.0 Å². The molecule has 1 amide bonds. The number of benzene rings is 2. The summed E-state index contributed by atoms with van der Waals surface area (Å²) in [5, 5.41) is 2.75. The first-order valence-electron chi connectivity index (χ1n) is 10.2. The molecule has 2 aromatic rings. The van der Waals surface area contributed by atoms with Gasteiger partial charge in [0.05, 0.1) is 11.9 Å². The number of carbonyl (C=O) groups excluding carboxylic acids is 1. The van der Waals surface area contributed by atoms with Crippen LogP contribution in [-0.4, -0.2) is 51.2 Å². The molecule has 0 aromatic heterocycles. The van der Waals surface area contributed by atoms with Crippen LogP contribution in [0, 0.1) is 11.6 Å². The monoisotopic (exact) mass is 451 g/mol. The third-order valence-corrected chi connectivity index (χ3v) is 6.65. The molecule has 1 aliphatic heterocycles. The van der Waals surface area contributed by atoms with Crippen molar-refractivity contribution >= 4 is 21.6 Å². The normalized spacial score (nSPS) is 15.2. The predicted octanol–water partition coefficient (Wildman–Crippen LogP) is 2.68. The molecule has 0 saturated carbocycles. The third-order valence-electron chi connectivity index (χ3n) is 5.41. The van der Waals surface area contributed by atoms with Crippen molar-refractivity contribution in [3.63, 3.8) is 0 Å². The SMILES string of the molecule is CC(C(=O)NCCCN1CCc2ccccc2C1)N(c1ccc(F)c(F)c1)S(C)(=O)=O. The molecule has 1 heterocycles. The summed E-state index contributed by atoms with van der Waals surface area (Å²) in [6, 6.07) is 9.99. The van der Waals surface area contributed by atoms with E-state index >= 15 is 0 Å². The predicted molar refractivity (Wildman–Crippen MR) is 116 cm³/mol. The number of hydrogen-bond acceptors (Lipinski definition) is 4. The molecule has 0 saturated heterocycles. The second-order valence-corrected chi connectivity index (χ2v) is 9.63. The van der Waals surface area contributed by atoms with Gasteiger partial charge in [-0.05, 0) is 43.0 Å². The minimum absolute atomic E-state index is 0.101.